The second kappa shape index (κ2) is 12.4. The van der Waals surface area contributed by atoms with E-state index in [2.05, 4.69) is 23.2 Å². The summed E-state index contributed by atoms with van der Waals surface area (Å²) in [5, 5.41) is 4.19. The van der Waals surface area contributed by atoms with Crippen LogP contribution >= 0.6 is 35.6 Å². The second-order valence-electron chi connectivity index (χ2n) is 6.56. The number of carbonyl (C=O) groups excluding carboxylic acids is 1. The number of amides is 1. The number of aryl methyl sites for hydroxylation is 1. The maximum Gasteiger partial charge on any atom is 0.217 e. The normalized spacial score (nSPS) is 17.5. The highest BCUT2D eigenvalue weighted by molar-refractivity contribution is 14.0. The molecule has 1 aliphatic rings. The number of likely N-dealkylation sites (tertiary alicyclic amines) is 1. The summed E-state index contributed by atoms with van der Waals surface area (Å²) in [5.74, 6) is 1.06. The first-order chi connectivity index (χ1) is 12.1. The molecular formula is C19H30ClIN4O. The number of guanidine groups is 1. The zero-order valence-electron chi connectivity index (χ0n) is 15.4. The number of aliphatic imine (C=N–C) groups is 1. The van der Waals surface area contributed by atoms with Crippen LogP contribution in [0.2, 0.25) is 5.02 Å². The molecule has 1 aliphatic heterocycles. The van der Waals surface area contributed by atoms with Crippen molar-refractivity contribution in [1.82, 2.24) is 10.2 Å². The molecule has 0 aliphatic carbocycles. The smallest absolute Gasteiger partial charge is 0.217 e. The number of nitrogens with two attached hydrogens (primary N) is 1. The number of nitrogens with zero attached hydrogens (tertiary/aromatic N) is 2. The number of rotatable bonds is 7. The average Bonchev–Trinajstić information content (AvgIpc) is 2.59. The molecule has 1 aromatic rings. The molecule has 2 rings (SSSR count). The first kappa shape index (κ1) is 23.0. The van der Waals surface area contributed by atoms with Crippen molar-refractivity contribution >= 4 is 47.4 Å². The van der Waals surface area contributed by atoms with Crippen LogP contribution in [0.15, 0.2) is 29.3 Å². The standard InChI is InChI=1S/C19H29ClN4O.HI/c1-2-22-19(24-12-6-7-15(14-24)13-18(21)25)23-11-5-9-16-8-3-4-10-17(16)20;/h3-4,8,10,15H,2,5-7,9,11-14H2,1H3,(H2,21,25)(H,22,23);1H. The van der Waals surface area contributed by atoms with E-state index < -0.39 is 0 Å². The van der Waals surface area contributed by atoms with Gasteiger partial charge in [0.2, 0.25) is 5.91 Å². The van der Waals surface area contributed by atoms with E-state index >= 15 is 0 Å². The van der Waals surface area contributed by atoms with Gasteiger partial charge >= 0.3 is 0 Å². The summed E-state index contributed by atoms with van der Waals surface area (Å²) in [6.07, 6.45) is 4.47. The van der Waals surface area contributed by atoms with Crippen LogP contribution in [0.5, 0.6) is 0 Å². The molecule has 0 radical (unpaired) electrons. The molecule has 0 aromatic heterocycles. The Balaban J connectivity index is 0.00000338. The third-order valence-electron chi connectivity index (χ3n) is 4.47. The Kier molecular flexibility index (Phi) is 11.0. The minimum absolute atomic E-state index is 0. The summed E-state index contributed by atoms with van der Waals surface area (Å²) in [6, 6.07) is 7.96. The molecule has 1 aromatic carbocycles. The zero-order valence-corrected chi connectivity index (χ0v) is 18.5. The molecule has 1 fully saturated rings. The molecule has 1 amide bonds. The molecular weight excluding hydrogens is 463 g/mol. The van der Waals surface area contributed by atoms with Crippen molar-refractivity contribution in [2.24, 2.45) is 16.6 Å². The van der Waals surface area contributed by atoms with E-state index in [1.54, 1.807) is 0 Å². The Morgan fingerprint density at radius 2 is 2.19 bits per heavy atom. The predicted octanol–water partition coefficient (Wildman–Crippen LogP) is 3.44. The summed E-state index contributed by atoms with van der Waals surface area (Å²) in [7, 11) is 0. The molecule has 146 valence electrons. The summed E-state index contributed by atoms with van der Waals surface area (Å²) >= 11 is 6.20. The largest absolute Gasteiger partial charge is 0.370 e. The average molecular weight is 493 g/mol. The van der Waals surface area contributed by atoms with E-state index in [1.807, 2.05) is 18.2 Å². The number of primary amides is 1. The Labute approximate surface area is 178 Å². The zero-order chi connectivity index (χ0) is 18.1. The van der Waals surface area contributed by atoms with Crippen molar-refractivity contribution in [3.8, 4) is 0 Å². The van der Waals surface area contributed by atoms with E-state index in [0.717, 1.165) is 62.8 Å². The molecule has 0 bridgehead atoms. The van der Waals surface area contributed by atoms with Gasteiger partial charge in [0.1, 0.15) is 0 Å². The van der Waals surface area contributed by atoms with Gasteiger partial charge in [0, 0.05) is 37.6 Å². The van der Waals surface area contributed by atoms with E-state index in [9.17, 15) is 4.79 Å². The van der Waals surface area contributed by atoms with Gasteiger partial charge in [-0.15, -0.1) is 24.0 Å². The highest BCUT2D eigenvalue weighted by Crippen LogP contribution is 2.20. The molecule has 1 heterocycles. The SMILES string of the molecule is CCNC(=NCCCc1ccccc1Cl)N1CCCC(CC(N)=O)C1.I. The molecule has 3 N–H and O–H groups in total. The molecule has 7 heteroatoms. The number of nitrogens with one attached hydrogen (secondary N) is 1. The topological polar surface area (TPSA) is 70.7 Å². The summed E-state index contributed by atoms with van der Waals surface area (Å²) in [4.78, 5) is 18.2. The van der Waals surface area contributed by atoms with Crippen LogP contribution < -0.4 is 11.1 Å². The maximum atomic E-state index is 11.2. The van der Waals surface area contributed by atoms with Crippen LogP contribution in [0.4, 0.5) is 0 Å². The summed E-state index contributed by atoms with van der Waals surface area (Å²) in [5.41, 5.74) is 6.53. The Hall–Kier alpha value is -1.02. The molecule has 1 atom stereocenters. The van der Waals surface area contributed by atoms with Gasteiger partial charge in [0.25, 0.3) is 0 Å². The van der Waals surface area contributed by atoms with Gasteiger partial charge in [-0.2, -0.15) is 0 Å². The monoisotopic (exact) mass is 492 g/mol. The van der Waals surface area contributed by atoms with Crippen LogP contribution in [-0.2, 0) is 11.2 Å². The van der Waals surface area contributed by atoms with Crippen LogP contribution in [0.3, 0.4) is 0 Å². The van der Waals surface area contributed by atoms with Crippen molar-refractivity contribution in [2.45, 2.75) is 39.0 Å². The summed E-state index contributed by atoms with van der Waals surface area (Å²) < 4.78 is 0. The first-order valence-electron chi connectivity index (χ1n) is 9.15. The van der Waals surface area contributed by atoms with Gasteiger partial charge < -0.3 is 16.0 Å². The second-order valence-corrected chi connectivity index (χ2v) is 6.96. The minimum atomic E-state index is -0.214. The molecule has 0 spiro atoms. The molecule has 26 heavy (non-hydrogen) atoms. The molecule has 5 nitrogen and oxygen atoms in total. The van der Waals surface area contributed by atoms with E-state index in [1.165, 1.54) is 5.56 Å². The van der Waals surface area contributed by atoms with Crippen molar-refractivity contribution in [3.05, 3.63) is 34.9 Å². The number of hydrogen-bond donors (Lipinski definition) is 2. The molecule has 0 saturated carbocycles. The third-order valence-corrected chi connectivity index (χ3v) is 4.84. The van der Waals surface area contributed by atoms with Crippen LogP contribution in [0.1, 0.15) is 38.2 Å². The number of hydrogen-bond acceptors (Lipinski definition) is 2. The first-order valence-corrected chi connectivity index (χ1v) is 9.53. The van der Waals surface area contributed by atoms with Gasteiger partial charge in [0.05, 0.1) is 0 Å². The quantitative estimate of drug-likeness (QED) is 0.265. The lowest BCUT2D eigenvalue weighted by molar-refractivity contribution is -0.119. The van der Waals surface area contributed by atoms with Crippen LogP contribution in [-0.4, -0.2) is 42.9 Å². The van der Waals surface area contributed by atoms with Crippen molar-refractivity contribution in [2.75, 3.05) is 26.2 Å². The van der Waals surface area contributed by atoms with Gasteiger partial charge in [-0.25, -0.2) is 0 Å². The van der Waals surface area contributed by atoms with E-state index in [-0.39, 0.29) is 29.9 Å². The number of halogens is 2. The highest BCUT2D eigenvalue weighted by atomic mass is 127. The number of piperidine rings is 1. The number of benzene rings is 1. The fraction of sp³-hybridized carbons (Fsp3) is 0.579. The predicted molar refractivity (Wildman–Crippen MR) is 119 cm³/mol. The lowest BCUT2D eigenvalue weighted by Gasteiger charge is -2.34. The number of carbonyl (C=O) groups is 1. The van der Waals surface area contributed by atoms with E-state index in [0.29, 0.717) is 12.3 Å². The van der Waals surface area contributed by atoms with Gasteiger partial charge in [-0.3, -0.25) is 9.79 Å². The molecule has 1 unspecified atom stereocenters. The lowest BCUT2D eigenvalue weighted by atomic mass is 9.95. The highest BCUT2D eigenvalue weighted by Gasteiger charge is 2.23. The van der Waals surface area contributed by atoms with Crippen LogP contribution in [0, 0.1) is 5.92 Å². The Morgan fingerprint density at radius 1 is 1.42 bits per heavy atom. The fourth-order valence-electron chi connectivity index (χ4n) is 3.29. The fourth-order valence-corrected chi connectivity index (χ4v) is 3.52. The van der Waals surface area contributed by atoms with Gasteiger partial charge in [-0.05, 0) is 50.2 Å². The van der Waals surface area contributed by atoms with Crippen molar-refractivity contribution < 1.29 is 4.79 Å². The Morgan fingerprint density at radius 3 is 2.88 bits per heavy atom. The molecule has 1 saturated heterocycles. The minimum Gasteiger partial charge on any atom is -0.370 e. The third kappa shape index (κ3) is 7.70. The lowest BCUT2D eigenvalue weighted by Crippen LogP contribution is -2.47. The van der Waals surface area contributed by atoms with Crippen molar-refractivity contribution in [3.63, 3.8) is 0 Å². The van der Waals surface area contributed by atoms with Crippen molar-refractivity contribution in [1.29, 1.82) is 0 Å². The van der Waals surface area contributed by atoms with E-state index in [4.69, 9.17) is 22.3 Å². The summed E-state index contributed by atoms with van der Waals surface area (Å²) in [6.45, 7) is 5.49. The Bertz CT molecular complexity index is 597. The van der Waals surface area contributed by atoms with Crippen LogP contribution in [0.25, 0.3) is 0 Å². The van der Waals surface area contributed by atoms with Gasteiger partial charge in [-0.1, -0.05) is 29.8 Å². The maximum absolute atomic E-state index is 11.2. The van der Waals surface area contributed by atoms with Gasteiger partial charge in [0.15, 0.2) is 5.96 Å².